The SMILES string of the molecule is COCCNC(=O)Cn1c(=O)n(-c2cccc(Cl)c2)c(=O)c2ccccc21. The highest BCUT2D eigenvalue weighted by molar-refractivity contribution is 6.30. The van der Waals surface area contributed by atoms with Crippen LogP contribution in [-0.4, -0.2) is 35.3 Å². The molecule has 0 unspecified atom stereocenters. The molecule has 0 saturated heterocycles. The molecule has 1 amide bonds. The van der Waals surface area contributed by atoms with E-state index in [2.05, 4.69) is 5.32 Å². The molecule has 140 valence electrons. The van der Waals surface area contributed by atoms with Crippen LogP contribution < -0.4 is 16.6 Å². The number of fused-ring (bicyclic) bond motifs is 1. The Balaban J connectivity index is 2.17. The molecule has 0 atom stereocenters. The van der Waals surface area contributed by atoms with Crippen molar-refractivity contribution < 1.29 is 9.53 Å². The van der Waals surface area contributed by atoms with Gasteiger partial charge < -0.3 is 10.1 Å². The van der Waals surface area contributed by atoms with E-state index in [0.29, 0.717) is 34.8 Å². The first kappa shape index (κ1) is 18.9. The molecule has 0 radical (unpaired) electrons. The highest BCUT2D eigenvalue weighted by Crippen LogP contribution is 2.14. The second-order valence-electron chi connectivity index (χ2n) is 5.85. The van der Waals surface area contributed by atoms with Crippen LogP contribution in [0.15, 0.2) is 58.1 Å². The van der Waals surface area contributed by atoms with Gasteiger partial charge in [-0.1, -0.05) is 29.8 Å². The Morgan fingerprint density at radius 3 is 2.67 bits per heavy atom. The van der Waals surface area contributed by atoms with Crippen molar-refractivity contribution in [1.29, 1.82) is 0 Å². The summed E-state index contributed by atoms with van der Waals surface area (Å²) >= 11 is 6.01. The van der Waals surface area contributed by atoms with Crippen LogP contribution in [0.2, 0.25) is 5.02 Å². The van der Waals surface area contributed by atoms with Crippen molar-refractivity contribution in [2.75, 3.05) is 20.3 Å². The van der Waals surface area contributed by atoms with E-state index in [9.17, 15) is 14.4 Å². The summed E-state index contributed by atoms with van der Waals surface area (Å²) < 4.78 is 7.20. The number of halogens is 1. The number of nitrogens with one attached hydrogen (secondary N) is 1. The number of aromatic nitrogens is 2. The van der Waals surface area contributed by atoms with Crippen molar-refractivity contribution in [3.05, 3.63) is 74.4 Å². The molecule has 3 rings (SSSR count). The van der Waals surface area contributed by atoms with Gasteiger partial charge in [0.2, 0.25) is 5.91 Å². The van der Waals surface area contributed by atoms with Crippen molar-refractivity contribution in [2.45, 2.75) is 6.54 Å². The van der Waals surface area contributed by atoms with Gasteiger partial charge in [0.15, 0.2) is 0 Å². The lowest BCUT2D eigenvalue weighted by Gasteiger charge is -2.14. The van der Waals surface area contributed by atoms with Crippen molar-refractivity contribution in [2.24, 2.45) is 0 Å². The fourth-order valence-electron chi connectivity index (χ4n) is 2.81. The smallest absolute Gasteiger partial charge is 0.336 e. The number of methoxy groups -OCH3 is 1. The zero-order chi connectivity index (χ0) is 19.4. The molecule has 0 saturated carbocycles. The van der Waals surface area contributed by atoms with Gasteiger partial charge >= 0.3 is 5.69 Å². The van der Waals surface area contributed by atoms with E-state index in [-0.39, 0.29) is 12.5 Å². The first-order valence-corrected chi connectivity index (χ1v) is 8.67. The summed E-state index contributed by atoms with van der Waals surface area (Å²) in [4.78, 5) is 38.2. The molecule has 1 aromatic heterocycles. The lowest BCUT2D eigenvalue weighted by Crippen LogP contribution is -2.42. The molecule has 0 aliphatic carbocycles. The monoisotopic (exact) mass is 387 g/mol. The summed E-state index contributed by atoms with van der Waals surface area (Å²) in [5, 5.41) is 3.41. The topological polar surface area (TPSA) is 82.3 Å². The van der Waals surface area contributed by atoms with E-state index >= 15 is 0 Å². The second-order valence-corrected chi connectivity index (χ2v) is 6.29. The predicted molar refractivity (Wildman–Crippen MR) is 104 cm³/mol. The van der Waals surface area contributed by atoms with Gasteiger partial charge in [-0.2, -0.15) is 0 Å². The average molecular weight is 388 g/mol. The van der Waals surface area contributed by atoms with E-state index in [1.54, 1.807) is 42.5 Å². The van der Waals surface area contributed by atoms with Crippen LogP contribution in [0.4, 0.5) is 0 Å². The maximum atomic E-state index is 13.1. The molecule has 0 fully saturated rings. The lowest BCUT2D eigenvalue weighted by molar-refractivity contribution is -0.121. The van der Waals surface area contributed by atoms with Crippen LogP contribution in [0.1, 0.15) is 0 Å². The van der Waals surface area contributed by atoms with Crippen molar-refractivity contribution in [1.82, 2.24) is 14.5 Å². The third-order valence-electron chi connectivity index (χ3n) is 4.05. The number of carbonyl (C=O) groups excluding carboxylic acids is 1. The molecule has 1 N–H and O–H groups in total. The van der Waals surface area contributed by atoms with Gasteiger partial charge in [-0.3, -0.25) is 14.2 Å². The minimum Gasteiger partial charge on any atom is -0.383 e. The quantitative estimate of drug-likeness (QED) is 0.651. The van der Waals surface area contributed by atoms with E-state index in [0.717, 1.165) is 4.57 Å². The fraction of sp³-hybridized carbons (Fsp3) is 0.211. The summed E-state index contributed by atoms with van der Waals surface area (Å²) in [5.41, 5.74) is -0.332. The number of benzene rings is 2. The van der Waals surface area contributed by atoms with Crippen LogP contribution in [0, 0.1) is 0 Å². The number of hydrogen-bond acceptors (Lipinski definition) is 4. The molecule has 1 heterocycles. The van der Waals surface area contributed by atoms with Crippen LogP contribution in [0.3, 0.4) is 0 Å². The normalized spacial score (nSPS) is 10.9. The zero-order valence-corrected chi connectivity index (χ0v) is 15.4. The predicted octanol–water partition coefficient (Wildman–Crippen LogP) is 1.57. The molecule has 3 aromatic rings. The number of carbonyl (C=O) groups is 1. The van der Waals surface area contributed by atoms with E-state index in [1.165, 1.54) is 17.7 Å². The minimum atomic E-state index is -0.608. The number of hydrogen-bond donors (Lipinski definition) is 1. The first-order chi connectivity index (χ1) is 13.0. The maximum Gasteiger partial charge on any atom is 0.336 e. The average Bonchev–Trinajstić information content (AvgIpc) is 2.66. The van der Waals surface area contributed by atoms with Crippen LogP contribution in [0.5, 0.6) is 0 Å². The van der Waals surface area contributed by atoms with Gasteiger partial charge in [-0.05, 0) is 30.3 Å². The number of ether oxygens (including phenoxy) is 1. The second kappa shape index (κ2) is 8.20. The number of para-hydroxylation sites is 1. The molecule has 0 aliphatic rings. The summed E-state index contributed by atoms with van der Waals surface area (Å²) in [7, 11) is 1.53. The molecular formula is C19H18ClN3O4. The first-order valence-electron chi connectivity index (χ1n) is 8.29. The number of amides is 1. The highest BCUT2D eigenvalue weighted by atomic mass is 35.5. The molecule has 0 spiro atoms. The largest absolute Gasteiger partial charge is 0.383 e. The van der Waals surface area contributed by atoms with Gasteiger partial charge in [-0.15, -0.1) is 0 Å². The molecule has 27 heavy (non-hydrogen) atoms. The molecule has 0 aliphatic heterocycles. The summed E-state index contributed by atoms with van der Waals surface area (Å²) in [6.07, 6.45) is 0. The fourth-order valence-corrected chi connectivity index (χ4v) is 2.99. The van der Waals surface area contributed by atoms with Gasteiger partial charge in [0.05, 0.1) is 23.2 Å². The minimum absolute atomic E-state index is 0.218. The van der Waals surface area contributed by atoms with Gasteiger partial charge in [0.25, 0.3) is 5.56 Å². The van der Waals surface area contributed by atoms with Gasteiger partial charge in [0.1, 0.15) is 6.54 Å². The Hall–Kier alpha value is -2.90. The Morgan fingerprint density at radius 2 is 1.93 bits per heavy atom. The molecule has 2 aromatic carbocycles. The van der Waals surface area contributed by atoms with Gasteiger partial charge in [-0.25, -0.2) is 9.36 Å². The molecule has 0 bridgehead atoms. The van der Waals surface area contributed by atoms with E-state index in [4.69, 9.17) is 16.3 Å². The van der Waals surface area contributed by atoms with Crippen molar-refractivity contribution in [3.8, 4) is 5.69 Å². The Kier molecular flexibility index (Phi) is 5.73. The maximum absolute atomic E-state index is 13.1. The summed E-state index contributed by atoms with van der Waals surface area (Å²) in [6, 6.07) is 13.1. The third kappa shape index (κ3) is 3.94. The summed E-state index contributed by atoms with van der Waals surface area (Å²) in [5.74, 6) is -0.351. The Morgan fingerprint density at radius 1 is 1.15 bits per heavy atom. The standard InChI is InChI=1S/C19H18ClN3O4/c1-27-10-9-21-17(24)12-22-16-8-3-2-7-15(16)18(25)23(19(22)26)14-6-4-5-13(20)11-14/h2-8,11H,9-10,12H2,1H3,(H,21,24). The third-order valence-corrected chi connectivity index (χ3v) is 4.28. The van der Waals surface area contributed by atoms with Crippen molar-refractivity contribution >= 4 is 28.4 Å². The number of rotatable bonds is 6. The Labute approximate surface area is 159 Å². The van der Waals surface area contributed by atoms with E-state index in [1.807, 2.05) is 0 Å². The van der Waals surface area contributed by atoms with E-state index < -0.39 is 11.2 Å². The lowest BCUT2D eigenvalue weighted by atomic mass is 10.2. The van der Waals surface area contributed by atoms with Gasteiger partial charge in [0, 0.05) is 18.7 Å². The zero-order valence-electron chi connectivity index (χ0n) is 14.6. The number of nitrogens with zero attached hydrogens (tertiary/aromatic N) is 2. The summed E-state index contributed by atoms with van der Waals surface area (Å²) in [6.45, 7) is 0.475. The van der Waals surface area contributed by atoms with Crippen molar-refractivity contribution in [3.63, 3.8) is 0 Å². The van der Waals surface area contributed by atoms with Crippen LogP contribution >= 0.6 is 11.6 Å². The molecular weight excluding hydrogens is 370 g/mol. The van der Waals surface area contributed by atoms with Crippen LogP contribution in [0.25, 0.3) is 16.6 Å². The Bertz CT molecular complexity index is 1100. The van der Waals surface area contributed by atoms with Crippen LogP contribution in [-0.2, 0) is 16.1 Å². The molecule has 8 heteroatoms. The highest BCUT2D eigenvalue weighted by Gasteiger charge is 2.16. The molecule has 7 nitrogen and oxygen atoms in total.